The molecule has 1 aromatic carbocycles. The first-order valence-corrected chi connectivity index (χ1v) is 4.85. The number of aliphatic hydroxyl groups is 2. The van der Waals surface area contributed by atoms with E-state index in [1.165, 1.54) is 12.1 Å². The van der Waals surface area contributed by atoms with Crippen molar-refractivity contribution < 1.29 is 15.1 Å². The Hall–Kier alpha value is -1.21. The van der Waals surface area contributed by atoms with Crippen LogP contribution in [0.2, 0.25) is 5.02 Å². The molecule has 0 aliphatic heterocycles. The number of nitro groups is 1. The molecule has 0 bridgehead atoms. The van der Waals surface area contributed by atoms with Crippen LogP contribution in [-0.2, 0) is 0 Å². The van der Waals surface area contributed by atoms with Crippen molar-refractivity contribution in [2.75, 3.05) is 6.54 Å². The van der Waals surface area contributed by atoms with Crippen LogP contribution in [0.25, 0.3) is 0 Å². The highest BCUT2D eigenvalue weighted by Gasteiger charge is 2.21. The van der Waals surface area contributed by atoms with Crippen LogP contribution < -0.4 is 5.73 Å². The number of nitrogens with two attached hydrogens (primary N) is 1. The van der Waals surface area contributed by atoms with Crippen molar-refractivity contribution in [1.29, 1.82) is 0 Å². The van der Waals surface area contributed by atoms with E-state index in [1.807, 2.05) is 0 Å². The minimum Gasteiger partial charge on any atom is -0.389 e. The van der Waals surface area contributed by atoms with Gasteiger partial charge in [0.15, 0.2) is 0 Å². The van der Waals surface area contributed by atoms with Crippen LogP contribution in [0.4, 0.5) is 5.69 Å². The number of nitro benzene ring substituents is 1. The zero-order chi connectivity index (χ0) is 12.3. The van der Waals surface area contributed by atoms with Gasteiger partial charge >= 0.3 is 0 Å². The van der Waals surface area contributed by atoms with Gasteiger partial charge in [0.1, 0.15) is 11.1 Å². The lowest BCUT2D eigenvalue weighted by atomic mass is 10.0. The molecule has 88 valence electrons. The fourth-order valence-electron chi connectivity index (χ4n) is 1.20. The Morgan fingerprint density at radius 3 is 2.62 bits per heavy atom. The van der Waals surface area contributed by atoms with Gasteiger partial charge in [0.25, 0.3) is 5.69 Å². The highest BCUT2D eigenvalue weighted by Crippen LogP contribution is 2.28. The second-order valence-electron chi connectivity index (χ2n) is 3.22. The van der Waals surface area contributed by atoms with Crippen LogP contribution in [0, 0.1) is 10.1 Å². The lowest BCUT2D eigenvalue weighted by Crippen LogP contribution is -2.27. The summed E-state index contributed by atoms with van der Waals surface area (Å²) in [7, 11) is 0. The minimum absolute atomic E-state index is 0.0248. The molecule has 0 heterocycles. The van der Waals surface area contributed by atoms with Crippen LogP contribution in [0.3, 0.4) is 0 Å². The number of hydrogen-bond donors (Lipinski definition) is 3. The van der Waals surface area contributed by atoms with Crippen LogP contribution in [0.5, 0.6) is 0 Å². The van der Waals surface area contributed by atoms with E-state index in [4.69, 9.17) is 17.3 Å². The molecule has 2 atom stereocenters. The van der Waals surface area contributed by atoms with E-state index in [-0.39, 0.29) is 22.8 Å². The van der Waals surface area contributed by atoms with Crippen molar-refractivity contribution in [3.8, 4) is 0 Å². The van der Waals surface area contributed by atoms with E-state index in [9.17, 15) is 20.3 Å². The van der Waals surface area contributed by atoms with Gasteiger partial charge in [-0.25, -0.2) is 0 Å². The predicted octanol–water partition coefficient (Wildman–Crippen LogP) is 0.601. The number of aliphatic hydroxyl groups excluding tert-OH is 2. The molecule has 0 aliphatic carbocycles. The van der Waals surface area contributed by atoms with Crippen molar-refractivity contribution in [2.24, 2.45) is 5.73 Å². The van der Waals surface area contributed by atoms with Gasteiger partial charge in [0, 0.05) is 12.6 Å². The normalized spacial score (nSPS) is 14.5. The summed E-state index contributed by atoms with van der Waals surface area (Å²) in [6.07, 6.45) is -2.43. The summed E-state index contributed by atoms with van der Waals surface area (Å²) in [6, 6.07) is 3.81. The molecule has 6 nitrogen and oxygen atoms in total. The Kier molecular flexibility index (Phi) is 4.19. The summed E-state index contributed by atoms with van der Waals surface area (Å²) in [5.74, 6) is 0. The van der Waals surface area contributed by atoms with Gasteiger partial charge in [-0.05, 0) is 11.6 Å². The van der Waals surface area contributed by atoms with Crippen LogP contribution >= 0.6 is 11.6 Å². The molecule has 4 N–H and O–H groups in total. The Morgan fingerprint density at radius 2 is 2.12 bits per heavy atom. The lowest BCUT2D eigenvalue weighted by Gasteiger charge is -2.16. The monoisotopic (exact) mass is 246 g/mol. The summed E-state index contributed by atoms with van der Waals surface area (Å²) < 4.78 is 0. The molecule has 0 aliphatic rings. The average Bonchev–Trinajstić information content (AvgIpc) is 2.27. The first-order valence-electron chi connectivity index (χ1n) is 4.47. The van der Waals surface area contributed by atoms with Gasteiger partial charge in [-0.1, -0.05) is 17.7 Å². The van der Waals surface area contributed by atoms with Gasteiger partial charge in [-0.2, -0.15) is 0 Å². The minimum atomic E-state index is -1.26. The molecule has 0 fully saturated rings. The van der Waals surface area contributed by atoms with E-state index < -0.39 is 17.1 Å². The Labute approximate surface area is 96.4 Å². The highest BCUT2D eigenvalue weighted by atomic mass is 35.5. The third-order valence-electron chi connectivity index (χ3n) is 2.11. The number of hydrogen-bond acceptors (Lipinski definition) is 5. The molecule has 1 aromatic rings. The smallest absolute Gasteiger partial charge is 0.288 e. The maximum atomic E-state index is 10.6. The molecule has 1 rings (SSSR count). The van der Waals surface area contributed by atoms with E-state index in [0.29, 0.717) is 0 Å². The third-order valence-corrected chi connectivity index (χ3v) is 2.43. The van der Waals surface area contributed by atoms with E-state index in [0.717, 1.165) is 6.07 Å². The van der Waals surface area contributed by atoms with E-state index in [2.05, 4.69) is 0 Å². The molecule has 0 radical (unpaired) electrons. The summed E-state index contributed by atoms with van der Waals surface area (Å²) in [6.45, 7) is -0.141. The van der Waals surface area contributed by atoms with Gasteiger partial charge in [0.05, 0.1) is 11.0 Å². The summed E-state index contributed by atoms with van der Waals surface area (Å²) in [5, 5.41) is 29.5. The maximum Gasteiger partial charge on any atom is 0.288 e. The molecular formula is C9H11ClN2O4. The van der Waals surface area contributed by atoms with Gasteiger partial charge in [-0.3, -0.25) is 10.1 Å². The predicted molar refractivity (Wildman–Crippen MR) is 58.1 cm³/mol. The number of benzene rings is 1. The zero-order valence-corrected chi connectivity index (χ0v) is 8.96. The largest absolute Gasteiger partial charge is 0.389 e. The molecule has 0 amide bonds. The standard InChI is InChI=1S/C9H11ClN2O4/c10-6-2-1-5(3-7(6)12(15)16)9(14)8(13)4-11/h1-3,8-9,13-14H,4,11H2. The van der Waals surface area contributed by atoms with E-state index in [1.54, 1.807) is 0 Å². The molecule has 7 heteroatoms. The lowest BCUT2D eigenvalue weighted by molar-refractivity contribution is -0.384. The van der Waals surface area contributed by atoms with Crippen LogP contribution in [0.1, 0.15) is 11.7 Å². The summed E-state index contributed by atoms with van der Waals surface area (Å²) in [4.78, 5) is 9.93. The summed E-state index contributed by atoms with van der Waals surface area (Å²) in [5.41, 5.74) is 5.05. The Morgan fingerprint density at radius 1 is 1.50 bits per heavy atom. The molecule has 0 saturated carbocycles. The Balaban J connectivity index is 3.07. The van der Waals surface area contributed by atoms with Crippen molar-refractivity contribution >= 4 is 17.3 Å². The molecule has 0 aromatic heterocycles. The fourth-order valence-corrected chi connectivity index (χ4v) is 1.39. The topological polar surface area (TPSA) is 110 Å². The van der Waals surface area contributed by atoms with Gasteiger partial charge in [-0.15, -0.1) is 0 Å². The number of halogens is 1. The van der Waals surface area contributed by atoms with Crippen LogP contribution in [0.15, 0.2) is 18.2 Å². The van der Waals surface area contributed by atoms with E-state index >= 15 is 0 Å². The van der Waals surface area contributed by atoms with Crippen molar-refractivity contribution in [1.82, 2.24) is 0 Å². The third kappa shape index (κ3) is 2.67. The average molecular weight is 247 g/mol. The molecule has 0 spiro atoms. The first-order chi connectivity index (χ1) is 7.47. The molecular weight excluding hydrogens is 236 g/mol. The number of rotatable bonds is 4. The van der Waals surface area contributed by atoms with Crippen molar-refractivity contribution in [2.45, 2.75) is 12.2 Å². The quantitative estimate of drug-likeness (QED) is 0.532. The molecule has 2 unspecified atom stereocenters. The second-order valence-corrected chi connectivity index (χ2v) is 3.62. The fraction of sp³-hybridized carbons (Fsp3) is 0.333. The van der Waals surface area contributed by atoms with Gasteiger partial charge < -0.3 is 15.9 Å². The van der Waals surface area contributed by atoms with Crippen molar-refractivity contribution in [3.63, 3.8) is 0 Å². The van der Waals surface area contributed by atoms with Crippen molar-refractivity contribution in [3.05, 3.63) is 38.9 Å². The van der Waals surface area contributed by atoms with Gasteiger partial charge in [0.2, 0.25) is 0 Å². The highest BCUT2D eigenvalue weighted by molar-refractivity contribution is 6.32. The second kappa shape index (κ2) is 5.22. The Bertz CT molecular complexity index is 399. The van der Waals surface area contributed by atoms with Crippen LogP contribution in [-0.4, -0.2) is 27.8 Å². The molecule has 16 heavy (non-hydrogen) atoms. The first kappa shape index (κ1) is 12.9. The number of nitrogens with zero attached hydrogens (tertiary/aromatic N) is 1. The zero-order valence-electron chi connectivity index (χ0n) is 8.21. The molecule has 0 saturated heterocycles. The SMILES string of the molecule is NCC(O)C(O)c1ccc(Cl)c([N+](=O)[O-])c1. The summed E-state index contributed by atoms with van der Waals surface area (Å²) >= 11 is 5.60. The maximum absolute atomic E-state index is 10.6.